The third-order valence-corrected chi connectivity index (χ3v) is 4.99. The first-order valence-corrected chi connectivity index (χ1v) is 8.84. The van der Waals surface area contributed by atoms with Crippen molar-refractivity contribution in [3.8, 4) is 0 Å². The Kier molecular flexibility index (Phi) is 6.00. The molecule has 2 aromatic carbocycles. The van der Waals surface area contributed by atoms with Crippen LogP contribution in [0.2, 0.25) is 10.0 Å². The molecule has 1 unspecified atom stereocenters. The fraction of sp³-hybridized carbons (Fsp3) is 0.188. The second-order valence-electron chi connectivity index (χ2n) is 4.87. The number of halogens is 2. The molecule has 3 nitrogen and oxygen atoms in total. The van der Waals surface area contributed by atoms with Gasteiger partial charge in [-0.2, -0.15) is 0 Å². The van der Waals surface area contributed by atoms with Crippen LogP contribution < -0.4 is 5.32 Å². The van der Waals surface area contributed by atoms with Gasteiger partial charge in [-0.15, -0.1) is 0 Å². The van der Waals surface area contributed by atoms with Gasteiger partial charge in [0.15, 0.2) is 0 Å². The van der Waals surface area contributed by atoms with E-state index in [9.17, 15) is 9.00 Å². The third kappa shape index (κ3) is 4.83. The Labute approximate surface area is 142 Å². The SMILES string of the molecule is Cc1cccc(CS(=O)CC(=O)Nc2cccc(Cl)c2Cl)c1. The van der Waals surface area contributed by atoms with E-state index in [0.29, 0.717) is 16.5 Å². The largest absolute Gasteiger partial charge is 0.324 e. The van der Waals surface area contributed by atoms with Gasteiger partial charge >= 0.3 is 0 Å². The molecule has 2 rings (SSSR count). The summed E-state index contributed by atoms with van der Waals surface area (Å²) in [5.74, 6) is -0.0926. The molecule has 0 aliphatic rings. The van der Waals surface area contributed by atoms with E-state index in [1.165, 1.54) is 0 Å². The minimum atomic E-state index is -1.28. The van der Waals surface area contributed by atoms with Gasteiger partial charge in [-0.25, -0.2) is 0 Å². The van der Waals surface area contributed by atoms with Gasteiger partial charge in [0.05, 0.1) is 15.7 Å². The highest BCUT2D eigenvalue weighted by molar-refractivity contribution is 7.84. The van der Waals surface area contributed by atoms with Crippen molar-refractivity contribution in [1.29, 1.82) is 0 Å². The molecule has 116 valence electrons. The highest BCUT2D eigenvalue weighted by Gasteiger charge is 2.12. The first-order valence-electron chi connectivity index (χ1n) is 6.60. The van der Waals surface area contributed by atoms with Gasteiger partial charge in [-0.05, 0) is 24.6 Å². The first kappa shape index (κ1) is 17.0. The number of rotatable bonds is 5. The number of hydrogen-bond acceptors (Lipinski definition) is 2. The lowest BCUT2D eigenvalue weighted by molar-refractivity contribution is -0.113. The van der Waals surface area contributed by atoms with E-state index in [1.54, 1.807) is 18.2 Å². The number of aryl methyl sites for hydroxylation is 1. The Hall–Kier alpha value is -1.36. The number of carbonyl (C=O) groups is 1. The van der Waals surface area contributed by atoms with E-state index in [1.807, 2.05) is 31.2 Å². The van der Waals surface area contributed by atoms with Crippen molar-refractivity contribution in [1.82, 2.24) is 0 Å². The average Bonchev–Trinajstić information content (AvgIpc) is 2.43. The Morgan fingerprint density at radius 1 is 1.18 bits per heavy atom. The maximum Gasteiger partial charge on any atom is 0.237 e. The van der Waals surface area contributed by atoms with Crippen LogP contribution in [-0.4, -0.2) is 15.9 Å². The Bertz CT molecular complexity index is 719. The van der Waals surface area contributed by atoms with Crippen LogP contribution in [0.3, 0.4) is 0 Å². The molecule has 0 radical (unpaired) electrons. The Morgan fingerprint density at radius 3 is 2.64 bits per heavy atom. The van der Waals surface area contributed by atoms with Crippen LogP contribution in [0.5, 0.6) is 0 Å². The quantitative estimate of drug-likeness (QED) is 0.873. The standard InChI is InChI=1S/C16H15Cl2NO2S/c1-11-4-2-5-12(8-11)9-22(21)10-15(20)19-14-7-3-6-13(17)16(14)18/h2-8H,9-10H2,1H3,(H,19,20). The van der Waals surface area contributed by atoms with Gasteiger partial charge in [0.2, 0.25) is 5.91 Å². The van der Waals surface area contributed by atoms with Crippen LogP contribution in [0.1, 0.15) is 11.1 Å². The van der Waals surface area contributed by atoms with E-state index in [0.717, 1.165) is 11.1 Å². The zero-order chi connectivity index (χ0) is 16.1. The van der Waals surface area contributed by atoms with Crippen molar-refractivity contribution >= 4 is 45.6 Å². The fourth-order valence-electron chi connectivity index (χ4n) is 1.97. The Balaban J connectivity index is 1.94. The number of benzene rings is 2. The van der Waals surface area contributed by atoms with E-state index < -0.39 is 10.8 Å². The van der Waals surface area contributed by atoms with Crippen molar-refractivity contribution in [3.05, 3.63) is 63.6 Å². The molecule has 0 aromatic heterocycles. The van der Waals surface area contributed by atoms with Gasteiger partial charge in [0.1, 0.15) is 5.75 Å². The molecule has 0 aliphatic heterocycles. The molecule has 22 heavy (non-hydrogen) atoms. The molecule has 1 atom stereocenters. The summed E-state index contributed by atoms with van der Waals surface area (Å²) in [5, 5.41) is 3.27. The minimum absolute atomic E-state index is 0.0865. The zero-order valence-electron chi connectivity index (χ0n) is 11.9. The second kappa shape index (κ2) is 7.77. The minimum Gasteiger partial charge on any atom is -0.324 e. The van der Waals surface area contributed by atoms with Crippen LogP contribution >= 0.6 is 23.2 Å². The molecule has 0 fully saturated rings. The predicted octanol–water partition coefficient (Wildman–Crippen LogP) is 4.19. The molecule has 2 aromatic rings. The number of nitrogens with one attached hydrogen (secondary N) is 1. The van der Waals surface area contributed by atoms with Crippen LogP contribution in [0, 0.1) is 6.92 Å². The molecule has 0 heterocycles. The highest BCUT2D eigenvalue weighted by Crippen LogP contribution is 2.29. The lowest BCUT2D eigenvalue weighted by atomic mass is 10.2. The van der Waals surface area contributed by atoms with Gasteiger partial charge in [0, 0.05) is 16.6 Å². The summed E-state index contributed by atoms with van der Waals surface area (Å²) in [6, 6.07) is 12.7. The van der Waals surface area contributed by atoms with E-state index in [2.05, 4.69) is 5.32 Å². The highest BCUT2D eigenvalue weighted by atomic mass is 35.5. The molecule has 0 bridgehead atoms. The van der Waals surface area contributed by atoms with Crippen molar-refractivity contribution < 1.29 is 9.00 Å². The van der Waals surface area contributed by atoms with Crippen molar-refractivity contribution in [2.24, 2.45) is 0 Å². The van der Waals surface area contributed by atoms with Crippen LogP contribution in [0.4, 0.5) is 5.69 Å². The molecule has 0 saturated carbocycles. The molecule has 0 spiro atoms. The average molecular weight is 356 g/mol. The summed E-state index contributed by atoms with van der Waals surface area (Å²) < 4.78 is 12.1. The van der Waals surface area contributed by atoms with Crippen LogP contribution in [0.15, 0.2) is 42.5 Å². The summed E-state index contributed by atoms with van der Waals surface area (Å²) in [6.45, 7) is 1.97. The lowest BCUT2D eigenvalue weighted by Gasteiger charge is -2.08. The molecular weight excluding hydrogens is 341 g/mol. The molecular formula is C16H15Cl2NO2S. The van der Waals surface area contributed by atoms with E-state index in [4.69, 9.17) is 23.2 Å². The molecule has 0 aliphatic carbocycles. The fourth-order valence-corrected chi connectivity index (χ4v) is 3.34. The predicted molar refractivity (Wildman–Crippen MR) is 93.0 cm³/mol. The summed E-state index contributed by atoms with van der Waals surface area (Å²) in [7, 11) is -1.28. The van der Waals surface area contributed by atoms with Gasteiger partial charge in [0.25, 0.3) is 0 Å². The monoisotopic (exact) mass is 355 g/mol. The molecule has 1 N–H and O–H groups in total. The van der Waals surface area contributed by atoms with Gasteiger partial charge in [-0.3, -0.25) is 9.00 Å². The maximum absolute atomic E-state index is 12.1. The van der Waals surface area contributed by atoms with Crippen LogP contribution in [0.25, 0.3) is 0 Å². The van der Waals surface area contributed by atoms with Gasteiger partial charge in [-0.1, -0.05) is 59.1 Å². The Morgan fingerprint density at radius 2 is 1.91 bits per heavy atom. The number of carbonyl (C=O) groups excluding carboxylic acids is 1. The zero-order valence-corrected chi connectivity index (χ0v) is 14.3. The normalized spacial score (nSPS) is 12.0. The summed E-state index contributed by atoms with van der Waals surface area (Å²) >= 11 is 11.9. The topological polar surface area (TPSA) is 46.2 Å². The smallest absolute Gasteiger partial charge is 0.237 e. The molecule has 0 saturated heterocycles. The second-order valence-corrected chi connectivity index (χ2v) is 7.11. The molecule has 6 heteroatoms. The van der Waals surface area contributed by atoms with Crippen molar-refractivity contribution in [3.63, 3.8) is 0 Å². The van der Waals surface area contributed by atoms with Crippen LogP contribution in [-0.2, 0) is 21.3 Å². The lowest BCUT2D eigenvalue weighted by Crippen LogP contribution is -2.20. The molecule has 1 amide bonds. The third-order valence-electron chi connectivity index (χ3n) is 2.93. The van der Waals surface area contributed by atoms with Crippen molar-refractivity contribution in [2.45, 2.75) is 12.7 Å². The van der Waals surface area contributed by atoms with E-state index in [-0.39, 0.29) is 16.7 Å². The van der Waals surface area contributed by atoms with E-state index >= 15 is 0 Å². The number of hydrogen-bond donors (Lipinski definition) is 1. The first-order chi connectivity index (χ1) is 10.5. The van der Waals surface area contributed by atoms with Crippen molar-refractivity contribution in [2.75, 3.05) is 11.1 Å². The number of anilines is 1. The number of amides is 1. The summed E-state index contributed by atoms with van der Waals surface area (Å²) in [6.07, 6.45) is 0. The summed E-state index contributed by atoms with van der Waals surface area (Å²) in [5.41, 5.74) is 2.48. The van der Waals surface area contributed by atoms with Gasteiger partial charge < -0.3 is 5.32 Å². The maximum atomic E-state index is 12.1. The summed E-state index contributed by atoms with van der Waals surface area (Å²) in [4.78, 5) is 11.9.